The molecule has 33 heavy (non-hydrogen) atoms. The molecule has 0 atom stereocenters. The number of nitrogens with one attached hydrogen (secondary N) is 1. The number of amides is 2. The summed E-state index contributed by atoms with van der Waals surface area (Å²) in [4.78, 5) is 31.2. The second-order valence-electron chi connectivity index (χ2n) is 8.44. The van der Waals surface area contributed by atoms with Crippen LogP contribution < -0.4 is 10.1 Å². The number of carbonyl (C=O) groups is 2. The van der Waals surface area contributed by atoms with Gasteiger partial charge in [0.25, 0.3) is 5.91 Å². The number of methoxy groups -OCH3 is 1. The molecule has 1 aromatic carbocycles. The van der Waals surface area contributed by atoms with Crippen LogP contribution in [0.2, 0.25) is 13.1 Å². The summed E-state index contributed by atoms with van der Waals surface area (Å²) < 4.78 is 18.5. The zero-order chi connectivity index (χ0) is 24.0. The standard InChI is InChI=1S/C25H29FN3O3Si/c1-17(30)27-23-20(11-14-33(3)4)16-22(24(28-23)32-2)25(31)29-12-9-19(10-13-29)15-18-5-7-21(26)8-6-18/h5-8,16,19H,9-10,12-13,15H2,1-4H3,(H,27,28,30). The number of rotatable bonds is 5. The van der Waals surface area contributed by atoms with Gasteiger partial charge in [-0.3, -0.25) is 9.59 Å². The van der Waals surface area contributed by atoms with Crippen molar-refractivity contribution < 1.29 is 18.7 Å². The summed E-state index contributed by atoms with van der Waals surface area (Å²) in [5.41, 5.74) is 5.12. The Morgan fingerprint density at radius 1 is 1.24 bits per heavy atom. The molecule has 173 valence electrons. The molecule has 8 heteroatoms. The Bertz CT molecular complexity index is 1070. The van der Waals surface area contributed by atoms with E-state index in [1.165, 1.54) is 26.2 Å². The van der Waals surface area contributed by atoms with Crippen LogP contribution in [0.15, 0.2) is 30.3 Å². The van der Waals surface area contributed by atoms with Crippen molar-refractivity contribution >= 4 is 26.4 Å². The van der Waals surface area contributed by atoms with Crippen LogP contribution in [-0.2, 0) is 11.2 Å². The lowest BCUT2D eigenvalue weighted by molar-refractivity contribution is -0.114. The first-order chi connectivity index (χ1) is 15.8. The van der Waals surface area contributed by atoms with E-state index in [-0.39, 0.29) is 23.5 Å². The summed E-state index contributed by atoms with van der Waals surface area (Å²) in [5.74, 6) is 3.32. The number of carbonyl (C=O) groups excluding carboxylic acids is 2. The van der Waals surface area contributed by atoms with E-state index in [0.717, 1.165) is 24.8 Å². The highest BCUT2D eigenvalue weighted by Gasteiger charge is 2.27. The number of nitrogens with zero attached hydrogens (tertiary/aromatic N) is 2. The van der Waals surface area contributed by atoms with Gasteiger partial charge in [0, 0.05) is 20.0 Å². The number of anilines is 1. The molecule has 0 saturated carbocycles. The Labute approximate surface area is 196 Å². The van der Waals surface area contributed by atoms with Crippen LogP contribution >= 0.6 is 0 Å². The maximum absolute atomic E-state index is 13.3. The van der Waals surface area contributed by atoms with Crippen molar-refractivity contribution in [2.24, 2.45) is 5.92 Å². The Kier molecular flexibility index (Phi) is 8.23. The average molecular weight is 467 g/mol. The Balaban J connectivity index is 1.77. The normalized spacial score (nSPS) is 13.9. The highest BCUT2D eigenvalue weighted by molar-refractivity contribution is 6.64. The molecule has 2 aromatic rings. The number of hydrogen-bond acceptors (Lipinski definition) is 4. The van der Waals surface area contributed by atoms with Crippen LogP contribution in [0.1, 0.15) is 41.3 Å². The lowest BCUT2D eigenvalue weighted by atomic mass is 9.90. The summed E-state index contributed by atoms with van der Waals surface area (Å²) in [5, 5.41) is 2.68. The van der Waals surface area contributed by atoms with E-state index in [4.69, 9.17) is 4.74 Å². The molecule has 2 amide bonds. The fourth-order valence-corrected chi connectivity index (χ4v) is 4.20. The molecule has 1 N–H and O–H groups in total. The molecule has 1 saturated heterocycles. The number of halogens is 1. The van der Waals surface area contributed by atoms with Crippen molar-refractivity contribution in [3.63, 3.8) is 0 Å². The van der Waals surface area contributed by atoms with Gasteiger partial charge in [-0.05, 0) is 48.9 Å². The quantitative estimate of drug-likeness (QED) is 0.535. The molecule has 1 aromatic heterocycles. The van der Waals surface area contributed by atoms with Gasteiger partial charge in [0.05, 0.1) is 12.7 Å². The van der Waals surface area contributed by atoms with E-state index in [2.05, 4.69) is 34.9 Å². The first-order valence-corrected chi connectivity index (χ1v) is 13.5. The largest absolute Gasteiger partial charge is 0.480 e. The number of pyridine rings is 1. The maximum Gasteiger partial charge on any atom is 0.259 e. The minimum Gasteiger partial charge on any atom is -0.480 e. The lowest BCUT2D eigenvalue weighted by Gasteiger charge is -2.32. The van der Waals surface area contributed by atoms with Crippen LogP contribution in [0.3, 0.4) is 0 Å². The van der Waals surface area contributed by atoms with E-state index < -0.39 is 8.80 Å². The van der Waals surface area contributed by atoms with Gasteiger partial charge in [-0.1, -0.05) is 31.1 Å². The molecule has 0 unspecified atom stereocenters. The molecule has 6 nitrogen and oxygen atoms in total. The Morgan fingerprint density at radius 2 is 1.91 bits per heavy atom. The lowest BCUT2D eigenvalue weighted by Crippen LogP contribution is -2.39. The highest BCUT2D eigenvalue weighted by atomic mass is 28.3. The predicted molar refractivity (Wildman–Crippen MR) is 128 cm³/mol. The fraction of sp³-hybridized carbons (Fsp3) is 0.400. The summed E-state index contributed by atoms with van der Waals surface area (Å²) in [6.07, 6.45) is 2.61. The van der Waals surface area contributed by atoms with Crippen molar-refractivity contribution in [3.05, 3.63) is 52.8 Å². The zero-order valence-corrected chi connectivity index (χ0v) is 20.5. The second kappa shape index (κ2) is 11.1. The van der Waals surface area contributed by atoms with Gasteiger partial charge in [-0.25, -0.2) is 4.39 Å². The van der Waals surface area contributed by atoms with E-state index in [0.29, 0.717) is 36.0 Å². The van der Waals surface area contributed by atoms with Crippen molar-refractivity contribution in [2.45, 2.75) is 39.3 Å². The summed E-state index contributed by atoms with van der Waals surface area (Å²) in [6.45, 7) is 6.78. The molecule has 3 rings (SSSR count). The first-order valence-electron chi connectivity index (χ1n) is 11.0. The molecule has 0 bridgehead atoms. The third kappa shape index (κ3) is 6.65. The molecule has 1 radical (unpaired) electrons. The Hall–Kier alpha value is -3.18. The number of benzene rings is 1. The maximum atomic E-state index is 13.3. The van der Waals surface area contributed by atoms with Gasteiger partial charge in [0.2, 0.25) is 11.8 Å². The second-order valence-corrected chi connectivity index (χ2v) is 10.7. The van der Waals surface area contributed by atoms with Gasteiger partial charge < -0.3 is 15.0 Å². The molecule has 1 aliphatic heterocycles. The third-order valence-electron chi connectivity index (χ3n) is 5.49. The monoisotopic (exact) mass is 466 g/mol. The number of piperidine rings is 1. The number of likely N-dealkylation sites (tertiary alicyclic amines) is 1. The SMILES string of the molecule is COc1nc(NC(C)=O)c(C#C[Si](C)C)cc1C(=O)N1CCC(Cc2ccc(F)cc2)CC1. The summed E-state index contributed by atoms with van der Waals surface area (Å²) >= 11 is 0. The number of hydrogen-bond donors (Lipinski definition) is 1. The van der Waals surface area contributed by atoms with Gasteiger partial charge in [0.1, 0.15) is 20.2 Å². The topological polar surface area (TPSA) is 71.5 Å². The first kappa shape index (κ1) is 24.5. The van der Waals surface area contributed by atoms with E-state index in [1.807, 2.05) is 17.0 Å². The minimum absolute atomic E-state index is 0.157. The van der Waals surface area contributed by atoms with Gasteiger partial charge in [-0.2, -0.15) is 4.98 Å². The molecule has 2 heterocycles. The van der Waals surface area contributed by atoms with Crippen LogP contribution in [0.4, 0.5) is 10.2 Å². The van der Waals surface area contributed by atoms with Gasteiger partial charge in [-0.15, -0.1) is 5.54 Å². The zero-order valence-electron chi connectivity index (χ0n) is 19.5. The average Bonchev–Trinajstić information content (AvgIpc) is 2.79. The Morgan fingerprint density at radius 3 is 2.48 bits per heavy atom. The molecular weight excluding hydrogens is 437 g/mol. The van der Waals surface area contributed by atoms with Crippen LogP contribution in [0.5, 0.6) is 5.88 Å². The molecule has 1 aliphatic rings. The van der Waals surface area contributed by atoms with Gasteiger partial charge in [0.15, 0.2) is 5.82 Å². The molecule has 0 aliphatic carbocycles. The van der Waals surface area contributed by atoms with E-state index in [9.17, 15) is 14.0 Å². The van der Waals surface area contributed by atoms with Gasteiger partial charge >= 0.3 is 0 Å². The van der Waals surface area contributed by atoms with Crippen LogP contribution in [0, 0.1) is 23.2 Å². The van der Waals surface area contributed by atoms with E-state index in [1.54, 1.807) is 6.07 Å². The summed E-state index contributed by atoms with van der Waals surface area (Å²) in [6, 6.07) is 8.28. The van der Waals surface area contributed by atoms with Crippen LogP contribution in [0.25, 0.3) is 0 Å². The molecule has 1 fully saturated rings. The van der Waals surface area contributed by atoms with Crippen molar-refractivity contribution in [2.75, 3.05) is 25.5 Å². The highest BCUT2D eigenvalue weighted by Crippen LogP contribution is 2.27. The molecule has 0 spiro atoms. The minimum atomic E-state index is -0.828. The van der Waals surface area contributed by atoms with Crippen molar-refractivity contribution in [3.8, 4) is 17.3 Å². The fourth-order valence-electron chi connectivity index (χ4n) is 3.82. The van der Waals surface area contributed by atoms with Crippen molar-refractivity contribution in [1.82, 2.24) is 9.88 Å². The van der Waals surface area contributed by atoms with Crippen LogP contribution in [-0.4, -0.2) is 50.7 Å². The molecular formula is C25H29FN3O3Si. The number of ether oxygens (including phenoxy) is 1. The summed E-state index contributed by atoms with van der Waals surface area (Å²) in [7, 11) is 0.627. The van der Waals surface area contributed by atoms with Crippen molar-refractivity contribution in [1.29, 1.82) is 0 Å². The van der Waals surface area contributed by atoms with E-state index >= 15 is 0 Å². The predicted octanol–water partition coefficient (Wildman–Crippen LogP) is 3.93. The third-order valence-corrected chi connectivity index (χ3v) is 6.12. The smallest absolute Gasteiger partial charge is 0.259 e. The number of aromatic nitrogens is 1.